The predicted molar refractivity (Wildman–Crippen MR) is 224 cm³/mol. The number of aliphatic hydroxyl groups excluding tert-OH is 11. The van der Waals surface area contributed by atoms with Crippen molar-refractivity contribution in [2.24, 2.45) is 46.3 Å². The van der Waals surface area contributed by atoms with E-state index in [1.807, 2.05) is 6.92 Å². The summed E-state index contributed by atoms with van der Waals surface area (Å²) in [5.41, 5.74) is 0.567. The van der Waals surface area contributed by atoms with E-state index >= 15 is 0 Å². The zero-order valence-electron chi connectivity index (χ0n) is 38.4. The molecule has 374 valence electrons. The Labute approximate surface area is 380 Å². The van der Waals surface area contributed by atoms with Crippen LogP contribution in [-0.2, 0) is 37.9 Å². The van der Waals surface area contributed by atoms with Gasteiger partial charge in [-0.1, -0.05) is 39.3 Å². The maximum atomic E-state index is 11.1. The molecule has 19 heteroatoms. The number of fused-ring (bicyclic) bond motifs is 7. The summed E-state index contributed by atoms with van der Waals surface area (Å²) < 4.78 is 49.2. The molecule has 19 nitrogen and oxygen atoms in total. The SMILES string of the molecule is COC1(CCC(C)COC2OC(CO)C(O)C(O)C2OC2OC(C)C(O)C(O)C2O)OC2CC3C4CC=C5CC(O)CC(OC6OC(CO)C(O)C(O)C6O)C5(C)C4CCC3(C)C2C1C. The lowest BCUT2D eigenvalue weighted by Crippen LogP contribution is -2.64. The minimum atomic E-state index is -1.67. The van der Waals surface area contributed by atoms with Gasteiger partial charge in [-0.05, 0) is 80.5 Å². The van der Waals surface area contributed by atoms with Crippen LogP contribution in [0.4, 0.5) is 0 Å². The van der Waals surface area contributed by atoms with E-state index in [4.69, 9.17) is 37.9 Å². The molecule has 8 rings (SSSR count). The first-order valence-electron chi connectivity index (χ1n) is 23.9. The van der Waals surface area contributed by atoms with E-state index in [9.17, 15) is 56.2 Å². The van der Waals surface area contributed by atoms with Crippen LogP contribution in [0.3, 0.4) is 0 Å². The standard InChI is InChI=1S/C46H76O19/c1-19(18-59-43-40(37(55)34(52)29(17-48)62-43)64-41-38(56)35(53)32(50)21(3)60-41)9-12-46(58-6)20(2)31-27(65-46)15-26-24-8-7-22-13-23(49)14-30(45(22,5)25(24)10-11-44(26,31)4)63-42-39(57)36(54)33(51)28(16-47)61-42/h7,19-21,23-43,47-57H,8-18H2,1-6H3. The molecule has 7 fully saturated rings. The third-order valence-corrected chi connectivity index (χ3v) is 17.8. The van der Waals surface area contributed by atoms with Crippen molar-refractivity contribution in [2.45, 2.75) is 202 Å². The number of methoxy groups -OCH3 is 1. The molecule has 4 heterocycles. The minimum absolute atomic E-state index is 0.0362. The monoisotopic (exact) mass is 932 g/mol. The zero-order chi connectivity index (χ0) is 47.1. The number of hydrogen-bond donors (Lipinski definition) is 11. The van der Waals surface area contributed by atoms with Crippen molar-refractivity contribution < 1.29 is 94.1 Å². The summed E-state index contributed by atoms with van der Waals surface area (Å²) in [7, 11) is 1.69. The minimum Gasteiger partial charge on any atom is -0.394 e. The van der Waals surface area contributed by atoms with Gasteiger partial charge in [-0.15, -0.1) is 0 Å². The van der Waals surface area contributed by atoms with E-state index < -0.39 is 129 Å². The molecule has 0 spiro atoms. The van der Waals surface area contributed by atoms with E-state index in [0.717, 1.165) is 31.3 Å². The summed E-state index contributed by atoms with van der Waals surface area (Å²) >= 11 is 0. The molecule has 4 saturated heterocycles. The molecule has 3 saturated carbocycles. The molecule has 27 atom stereocenters. The van der Waals surface area contributed by atoms with Gasteiger partial charge in [0.05, 0.1) is 44.2 Å². The van der Waals surface area contributed by atoms with Gasteiger partial charge in [0.15, 0.2) is 24.7 Å². The van der Waals surface area contributed by atoms with E-state index in [1.165, 1.54) is 6.92 Å². The number of allylic oxidation sites excluding steroid dienone is 1. The lowest BCUT2D eigenvalue weighted by Gasteiger charge is -2.60. The van der Waals surface area contributed by atoms with Gasteiger partial charge in [-0.3, -0.25) is 0 Å². The second kappa shape index (κ2) is 19.3. The highest BCUT2D eigenvalue weighted by Gasteiger charge is 2.69. The van der Waals surface area contributed by atoms with Crippen LogP contribution in [-0.4, -0.2) is 199 Å². The number of ether oxygens (including phenoxy) is 8. The van der Waals surface area contributed by atoms with Crippen molar-refractivity contribution in [3.63, 3.8) is 0 Å². The fraction of sp³-hybridized carbons (Fsp3) is 0.957. The lowest BCUT2D eigenvalue weighted by molar-refractivity contribution is -0.365. The summed E-state index contributed by atoms with van der Waals surface area (Å²) in [6.45, 7) is 9.26. The fourth-order valence-electron chi connectivity index (χ4n) is 13.9. The van der Waals surface area contributed by atoms with Gasteiger partial charge in [0.1, 0.15) is 67.1 Å². The van der Waals surface area contributed by atoms with Crippen LogP contribution in [0.2, 0.25) is 0 Å². The molecule has 11 N–H and O–H groups in total. The van der Waals surface area contributed by atoms with Crippen LogP contribution in [0.25, 0.3) is 0 Å². The van der Waals surface area contributed by atoms with Gasteiger partial charge in [-0.25, -0.2) is 0 Å². The molecule has 0 bridgehead atoms. The van der Waals surface area contributed by atoms with Crippen LogP contribution in [0.5, 0.6) is 0 Å². The van der Waals surface area contributed by atoms with Gasteiger partial charge >= 0.3 is 0 Å². The Bertz CT molecular complexity index is 1660. The van der Waals surface area contributed by atoms with E-state index in [0.29, 0.717) is 37.5 Å². The van der Waals surface area contributed by atoms with Crippen molar-refractivity contribution in [3.05, 3.63) is 11.6 Å². The number of hydrogen-bond acceptors (Lipinski definition) is 19. The number of aliphatic hydroxyl groups is 11. The summed E-state index contributed by atoms with van der Waals surface area (Å²) in [5, 5.41) is 116. The third-order valence-electron chi connectivity index (χ3n) is 17.8. The van der Waals surface area contributed by atoms with Gasteiger partial charge in [0.2, 0.25) is 0 Å². The van der Waals surface area contributed by atoms with Crippen LogP contribution < -0.4 is 0 Å². The quantitative estimate of drug-likeness (QED) is 0.0967. The highest BCUT2D eigenvalue weighted by atomic mass is 16.8. The molecular weight excluding hydrogens is 856 g/mol. The van der Waals surface area contributed by atoms with Crippen molar-refractivity contribution in [3.8, 4) is 0 Å². The van der Waals surface area contributed by atoms with Crippen LogP contribution in [0.15, 0.2) is 11.6 Å². The first-order chi connectivity index (χ1) is 30.7. The smallest absolute Gasteiger partial charge is 0.187 e. The first-order valence-corrected chi connectivity index (χ1v) is 23.9. The Hall–Kier alpha value is -1.02. The molecule has 4 aliphatic carbocycles. The average Bonchev–Trinajstić information content (AvgIpc) is 3.74. The molecule has 65 heavy (non-hydrogen) atoms. The second-order valence-corrected chi connectivity index (χ2v) is 21.3. The van der Waals surface area contributed by atoms with Crippen LogP contribution >= 0.6 is 0 Å². The van der Waals surface area contributed by atoms with E-state index in [2.05, 4.69) is 26.8 Å². The normalized spacial score (nSPS) is 54.8. The Kier molecular flexibility index (Phi) is 15.0. The molecular formula is C46H76O19. The summed E-state index contributed by atoms with van der Waals surface area (Å²) in [6.07, 6.45) is -14.5. The Morgan fingerprint density at radius 2 is 1.38 bits per heavy atom. The Morgan fingerprint density at radius 3 is 2.05 bits per heavy atom. The molecule has 0 aromatic heterocycles. The van der Waals surface area contributed by atoms with Gasteiger partial charge in [0, 0.05) is 31.3 Å². The summed E-state index contributed by atoms with van der Waals surface area (Å²) in [6, 6.07) is 0. The van der Waals surface area contributed by atoms with Crippen molar-refractivity contribution in [2.75, 3.05) is 26.9 Å². The molecule has 0 amide bonds. The molecule has 0 aromatic carbocycles. The zero-order valence-corrected chi connectivity index (χ0v) is 38.4. The van der Waals surface area contributed by atoms with E-state index in [1.54, 1.807) is 7.11 Å². The highest BCUT2D eigenvalue weighted by Crippen LogP contribution is 2.70. The Balaban J connectivity index is 0.919. The highest BCUT2D eigenvalue weighted by molar-refractivity contribution is 5.29. The average molecular weight is 933 g/mol. The molecule has 0 radical (unpaired) electrons. The number of rotatable bonds is 13. The molecule has 27 unspecified atom stereocenters. The summed E-state index contributed by atoms with van der Waals surface area (Å²) in [5.74, 6) is 0.107. The topological polar surface area (TPSA) is 296 Å². The Morgan fingerprint density at radius 1 is 0.754 bits per heavy atom. The molecule has 4 aliphatic heterocycles. The van der Waals surface area contributed by atoms with Crippen molar-refractivity contribution in [1.82, 2.24) is 0 Å². The first kappa shape index (κ1) is 50.4. The fourth-order valence-corrected chi connectivity index (χ4v) is 13.9. The molecule has 0 aromatic rings. The van der Waals surface area contributed by atoms with E-state index in [-0.39, 0.29) is 41.8 Å². The van der Waals surface area contributed by atoms with Gasteiger partial charge in [-0.2, -0.15) is 0 Å². The van der Waals surface area contributed by atoms with Gasteiger partial charge < -0.3 is 94.1 Å². The lowest BCUT2D eigenvalue weighted by atomic mass is 9.46. The van der Waals surface area contributed by atoms with Crippen LogP contribution in [0, 0.1) is 46.3 Å². The van der Waals surface area contributed by atoms with Crippen LogP contribution in [0.1, 0.15) is 86.0 Å². The molecule has 8 aliphatic rings. The van der Waals surface area contributed by atoms with Crippen molar-refractivity contribution >= 4 is 0 Å². The van der Waals surface area contributed by atoms with Crippen molar-refractivity contribution in [1.29, 1.82) is 0 Å². The third kappa shape index (κ3) is 8.60. The summed E-state index contributed by atoms with van der Waals surface area (Å²) in [4.78, 5) is 0. The maximum absolute atomic E-state index is 11.1. The maximum Gasteiger partial charge on any atom is 0.187 e. The van der Waals surface area contributed by atoms with Gasteiger partial charge in [0.25, 0.3) is 0 Å². The largest absolute Gasteiger partial charge is 0.394 e. The second-order valence-electron chi connectivity index (χ2n) is 21.3. The predicted octanol–water partition coefficient (Wildman–Crippen LogP) is -1.21.